The van der Waals surface area contributed by atoms with Crippen molar-refractivity contribution in [3.05, 3.63) is 12.2 Å². The number of likely N-dealkylation sites (N-methyl/N-ethyl adjacent to an activating group) is 1. The highest BCUT2D eigenvalue weighted by molar-refractivity contribution is 7.47. The number of phosphoric acid groups is 1. The Kier molecular flexibility index (Phi) is 19.9. The molecule has 0 heterocycles. The maximum Gasteiger partial charge on any atom is 0.472 e. The van der Waals surface area contributed by atoms with E-state index in [9.17, 15) is 19.4 Å². The van der Waals surface area contributed by atoms with E-state index in [1.54, 1.807) is 6.08 Å². The van der Waals surface area contributed by atoms with Gasteiger partial charge in [0.2, 0.25) is 5.91 Å². The molecule has 0 aromatic heterocycles. The second kappa shape index (κ2) is 20.3. The number of rotatable bonds is 23. The number of nitrogens with zero attached hydrogens (tertiary/aromatic N) is 1. The van der Waals surface area contributed by atoms with Gasteiger partial charge in [-0.2, -0.15) is 0 Å². The fourth-order valence-corrected chi connectivity index (χ4v) is 4.18. The summed E-state index contributed by atoms with van der Waals surface area (Å²) < 4.78 is 23.0. The van der Waals surface area contributed by atoms with Gasteiger partial charge in [0.15, 0.2) is 0 Å². The molecule has 208 valence electrons. The van der Waals surface area contributed by atoms with Gasteiger partial charge >= 0.3 is 7.82 Å². The quantitative estimate of drug-likeness (QED) is 0.0726. The average molecular weight is 522 g/mol. The van der Waals surface area contributed by atoms with Crippen molar-refractivity contribution in [2.24, 2.45) is 0 Å². The Morgan fingerprint density at radius 2 is 1.51 bits per heavy atom. The van der Waals surface area contributed by atoms with Crippen LogP contribution in [0, 0.1) is 0 Å². The number of carbonyl (C=O) groups excluding carboxylic acids is 1. The number of aliphatic hydroxyl groups excluding tert-OH is 1. The second-order valence-electron chi connectivity index (χ2n) is 10.4. The van der Waals surface area contributed by atoms with Crippen LogP contribution < -0.4 is 5.32 Å². The number of quaternary nitrogens is 1. The van der Waals surface area contributed by atoms with Gasteiger partial charge in [-0.25, -0.2) is 4.57 Å². The van der Waals surface area contributed by atoms with Gasteiger partial charge in [0.1, 0.15) is 13.2 Å². The molecule has 1 amide bonds. The normalized spacial score (nSPS) is 15.7. The maximum absolute atomic E-state index is 12.4. The summed E-state index contributed by atoms with van der Waals surface area (Å²) in [5.74, 6) is -0.201. The first-order valence-electron chi connectivity index (χ1n) is 13.6. The monoisotopic (exact) mass is 521 g/mol. The molecule has 8 nitrogen and oxygen atoms in total. The molecule has 9 heteroatoms. The molecule has 0 spiro atoms. The summed E-state index contributed by atoms with van der Waals surface area (Å²) in [4.78, 5) is 22.4. The summed E-state index contributed by atoms with van der Waals surface area (Å²) in [6.45, 7) is 4.60. The van der Waals surface area contributed by atoms with Crippen molar-refractivity contribution in [2.75, 3.05) is 40.9 Å². The molecule has 0 aliphatic carbocycles. The molecule has 3 atom stereocenters. The number of hydrogen-bond acceptors (Lipinski definition) is 5. The molecule has 3 N–H and O–H groups in total. The minimum Gasteiger partial charge on any atom is -0.387 e. The lowest BCUT2D eigenvalue weighted by Crippen LogP contribution is -2.45. The van der Waals surface area contributed by atoms with E-state index in [0.717, 1.165) is 44.9 Å². The molecule has 3 unspecified atom stereocenters. The first kappa shape index (κ1) is 34.2. The van der Waals surface area contributed by atoms with Crippen LogP contribution in [0.2, 0.25) is 0 Å². The molecule has 0 bridgehead atoms. The van der Waals surface area contributed by atoms with E-state index in [1.165, 1.54) is 32.1 Å². The Labute approximate surface area is 214 Å². The third-order valence-electron chi connectivity index (χ3n) is 5.76. The van der Waals surface area contributed by atoms with Gasteiger partial charge in [0, 0.05) is 6.42 Å². The zero-order valence-electron chi connectivity index (χ0n) is 23.0. The summed E-state index contributed by atoms with van der Waals surface area (Å²) in [6.07, 6.45) is 16.1. The number of carbonyl (C=O) groups is 1. The number of phosphoric ester groups is 1. The molecular formula is C26H54N2O6P+. The van der Waals surface area contributed by atoms with Gasteiger partial charge in [0.25, 0.3) is 0 Å². The number of allylic oxidation sites excluding steroid dienone is 1. The summed E-state index contributed by atoms with van der Waals surface area (Å²) in [6, 6.07) is -0.832. The summed E-state index contributed by atoms with van der Waals surface area (Å²) >= 11 is 0. The molecule has 0 fully saturated rings. The van der Waals surface area contributed by atoms with Crippen LogP contribution in [-0.2, 0) is 18.4 Å². The zero-order valence-corrected chi connectivity index (χ0v) is 23.9. The number of unbranched alkanes of at least 4 members (excludes halogenated alkanes) is 10. The SMILES string of the molecule is CCCCCCCCC/C=C/C(O)C(COP(=O)(O)OCC[N+](C)(C)C)NC(=O)CCCCCC. The van der Waals surface area contributed by atoms with Crippen molar-refractivity contribution in [1.29, 1.82) is 0 Å². The first-order valence-corrected chi connectivity index (χ1v) is 15.1. The van der Waals surface area contributed by atoms with E-state index in [0.29, 0.717) is 17.4 Å². The van der Waals surface area contributed by atoms with Crippen LogP contribution in [0.3, 0.4) is 0 Å². The molecule has 0 radical (unpaired) electrons. The Morgan fingerprint density at radius 3 is 2.11 bits per heavy atom. The minimum atomic E-state index is -4.29. The standard InChI is InChI=1S/C26H53N2O6P/c1-6-8-10-12-13-14-15-16-17-19-25(29)24(27-26(30)20-18-11-9-7-2)23-34-35(31,32)33-22-21-28(3,4)5/h17,19,24-25,29H,6-16,18,20-23H2,1-5H3,(H-,27,30,31,32)/p+1/b19-17+. The molecule has 0 rings (SSSR count). The van der Waals surface area contributed by atoms with Crippen LogP contribution in [0.25, 0.3) is 0 Å². The van der Waals surface area contributed by atoms with Crippen molar-refractivity contribution < 1.29 is 32.9 Å². The first-order chi connectivity index (χ1) is 16.5. The van der Waals surface area contributed by atoms with Crippen LogP contribution in [-0.4, -0.2) is 73.4 Å². The van der Waals surface area contributed by atoms with Gasteiger partial charge in [-0.3, -0.25) is 13.8 Å². The fraction of sp³-hybridized carbons (Fsp3) is 0.885. The zero-order chi connectivity index (χ0) is 26.6. The van der Waals surface area contributed by atoms with Crippen molar-refractivity contribution in [3.63, 3.8) is 0 Å². The van der Waals surface area contributed by atoms with Crippen LogP contribution >= 0.6 is 7.82 Å². The second-order valence-corrected chi connectivity index (χ2v) is 11.9. The molecule has 0 aromatic carbocycles. The number of aliphatic hydroxyl groups is 1. The maximum atomic E-state index is 12.4. The van der Waals surface area contributed by atoms with Gasteiger partial charge in [-0.15, -0.1) is 0 Å². The predicted molar refractivity (Wildman–Crippen MR) is 143 cm³/mol. The third kappa shape index (κ3) is 22.2. The Balaban J connectivity index is 4.71. The van der Waals surface area contributed by atoms with Gasteiger partial charge < -0.3 is 19.8 Å². The van der Waals surface area contributed by atoms with Crippen LogP contribution in [0.1, 0.15) is 97.3 Å². The molecule has 0 aliphatic heterocycles. The van der Waals surface area contributed by atoms with E-state index in [-0.39, 0.29) is 19.1 Å². The van der Waals surface area contributed by atoms with E-state index in [2.05, 4.69) is 19.2 Å². The van der Waals surface area contributed by atoms with Crippen molar-refractivity contribution in [2.45, 2.75) is 109 Å². The van der Waals surface area contributed by atoms with E-state index in [1.807, 2.05) is 27.2 Å². The van der Waals surface area contributed by atoms with Crippen molar-refractivity contribution >= 4 is 13.7 Å². The van der Waals surface area contributed by atoms with Crippen LogP contribution in [0.4, 0.5) is 0 Å². The van der Waals surface area contributed by atoms with Gasteiger partial charge in [-0.05, 0) is 19.3 Å². The third-order valence-corrected chi connectivity index (χ3v) is 6.74. The highest BCUT2D eigenvalue weighted by Crippen LogP contribution is 2.43. The lowest BCUT2D eigenvalue weighted by molar-refractivity contribution is -0.870. The van der Waals surface area contributed by atoms with Gasteiger partial charge in [0.05, 0.1) is 39.9 Å². The molecular weight excluding hydrogens is 467 g/mol. The molecule has 0 saturated carbocycles. The highest BCUT2D eigenvalue weighted by atomic mass is 31.2. The summed E-state index contributed by atoms with van der Waals surface area (Å²) in [5, 5.41) is 13.4. The lowest BCUT2D eigenvalue weighted by Gasteiger charge is -2.25. The predicted octanol–water partition coefficient (Wildman–Crippen LogP) is 5.34. The smallest absolute Gasteiger partial charge is 0.387 e. The van der Waals surface area contributed by atoms with Crippen molar-refractivity contribution in [3.8, 4) is 0 Å². The van der Waals surface area contributed by atoms with Gasteiger partial charge in [-0.1, -0.05) is 83.8 Å². The van der Waals surface area contributed by atoms with E-state index >= 15 is 0 Å². The number of amides is 1. The fourth-order valence-electron chi connectivity index (χ4n) is 3.45. The Morgan fingerprint density at radius 1 is 0.943 bits per heavy atom. The minimum absolute atomic E-state index is 0.0621. The topological polar surface area (TPSA) is 105 Å². The van der Waals surface area contributed by atoms with E-state index in [4.69, 9.17) is 9.05 Å². The average Bonchev–Trinajstić information content (AvgIpc) is 2.77. The number of hydrogen-bond donors (Lipinski definition) is 3. The van der Waals surface area contributed by atoms with Crippen LogP contribution in [0.5, 0.6) is 0 Å². The summed E-state index contributed by atoms with van der Waals surface area (Å²) in [5.41, 5.74) is 0. The molecule has 0 aliphatic rings. The highest BCUT2D eigenvalue weighted by Gasteiger charge is 2.27. The summed E-state index contributed by atoms with van der Waals surface area (Å²) in [7, 11) is 1.56. The van der Waals surface area contributed by atoms with Crippen LogP contribution in [0.15, 0.2) is 12.2 Å². The Bertz CT molecular complexity index is 609. The largest absolute Gasteiger partial charge is 0.472 e. The molecule has 0 saturated heterocycles. The Hall–Kier alpha value is -0.760. The van der Waals surface area contributed by atoms with Crippen molar-refractivity contribution in [1.82, 2.24) is 5.32 Å². The van der Waals surface area contributed by atoms with E-state index < -0.39 is 20.0 Å². The lowest BCUT2D eigenvalue weighted by atomic mass is 10.1. The molecule has 35 heavy (non-hydrogen) atoms. The number of nitrogens with one attached hydrogen (secondary N) is 1. The molecule has 0 aromatic rings.